The maximum atomic E-state index is 14.7. The van der Waals surface area contributed by atoms with Gasteiger partial charge in [-0.15, -0.1) is 0 Å². The Morgan fingerprint density at radius 2 is 1.38 bits per heavy atom. The summed E-state index contributed by atoms with van der Waals surface area (Å²) in [6, 6.07) is 10.3. The van der Waals surface area contributed by atoms with E-state index in [1.54, 1.807) is 31.2 Å². The van der Waals surface area contributed by atoms with Crippen molar-refractivity contribution in [3.63, 3.8) is 0 Å². The summed E-state index contributed by atoms with van der Waals surface area (Å²) in [6.07, 6.45) is -1.50. The fourth-order valence-corrected chi connectivity index (χ4v) is 5.91. The molecule has 3 aliphatic heterocycles. The Morgan fingerprint density at radius 1 is 0.896 bits per heavy atom. The molecule has 7 rings (SSSR count). The average molecular weight is 671 g/mol. The largest absolute Gasteiger partial charge is 0.392 e. The van der Waals surface area contributed by atoms with Gasteiger partial charge in [0.25, 0.3) is 0 Å². The quantitative estimate of drug-likeness (QED) is 0.245. The molecule has 3 aliphatic rings. The maximum absolute atomic E-state index is 14.7. The molecule has 0 saturated carbocycles. The topological polar surface area (TPSA) is 228 Å². The lowest BCUT2D eigenvalue weighted by molar-refractivity contribution is -0.0746. The SMILES string of the molecule is C.C1CCOC1.CC[C@@]1(C#N)O[C@@H](c2ccc3c(N)ncnn23)[C@H](F)[C@@H]1C.N#C[C@]1(CO)O[C@@H](c2ccc3c(N)ncnn23)[C@H](F)[C@@H]1O. The van der Waals surface area contributed by atoms with Gasteiger partial charge in [-0.3, -0.25) is 0 Å². The van der Waals surface area contributed by atoms with Gasteiger partial charge in [0, 0.05) is 19.1 Å². The third kappa shape index (κ3) is 6.23. The lowest BCUT2D eigenvalue weighted by Gasteiger charge is -2.23. The molecule has 0 unspecified atom stereocenters. The van der Waals surface area contributed by atoms with Crippen LogP contribution in [0.4, 0.5) is 20.4 Å². The molecule has 8 atom stereocenters. The lowest BCUT2D eigenvalue weighted by atomic mass is 9.86. The summed E-state index contributed by atoms with van der Waals surface area (Å²) in [5.41, 5.74) is 10.2. The molecule has 3 saturated heterocycles. The lowest BCUT2D eigenvalue weighted by Crippen LogP contribution is -2.44. The monoisotopic (exact) mass is 670 g/mol. The number of alkyl halides is 2. The maximum Gasteiger partial charge on any atom is 0.206 e. The van der Waals surface area contributed by atoms with Crippen molar-refractivity contribution in [2.24, 2.45) is 5.92 Å². The first kappa shape index (κ1) is 36.3. The molecule has 17 heteroatoms. The number of ether oxygens (including phenoxy) is 3. The van der Waals surface area contributed by atoms with Crippen LogP contribution in [-0.2, 0) is 14.2 Å². The van der Waals surface area contributed by atoms with Crippen molar-refractivity contribution in [3.05, 3.63) is 48.3 Å². The molecule has 0 spiro atoms. The molecule has 0 aliphatic carbocycles. The fraction of sp³-hybridized carbons (Fsp3) is 0.548. The number of halogens is 2. The number of aliphatic hydroxyl groups excluding tert-OH is 2. The molecule has 48 heavy (non-hydrogen) atoms. The van der Waals surface area contributed by atoms with Gasteiger partial charge >= 0.3 is 0 Å². The Labute approximate surface area is 275 Å². The summed E-state index contributed by atoms with van der Waals surface area (Å²) in [5.74, 6) is 0.0147. The van der Waals surface area contributed by atoms with E-state index >= 15 is 0 Å². The molecular weight excluding hydrogens is 630 g/mol. The smallest absolute Gasteiger partial charge is 0.206 e. The predicted molar refractivity (Wildman–Crippen MR) is 168 cm³/mol. The first-order valence-corrected chi connectivity index (χ1v) is 15.1. The Balaban J connectivity index is 0.000000186. The van der Waals surface area contributed by atoms with Crippen LogP contribution in [0.2, 0.25) is 0 Å². The Bertz CT molecular complexity index is 1660. The highest BCUT2D eigenvalue weighted by molar-refractivity contribution is 5.66. The molecule has 258 valence electrons. The number of nitriles is 2. The zero-order valence-electron chi connectivity index (χ0n) is 25.8. The first-order chi connectivity index (χ1) is 22.6. The predicted octanol–water partition coefficient (Wildman–Crippen LogP) is 2.80. The van der Waals surface area contributed by atoms with Crippen LogP contribution >= 0.6 is 0 Å². The van der Waals surface area contributed by atoms with Gasteiger partial charge in [-0.2, -0.15) is 20.7 Å². The van der Waals surface area contributed by atoms with E-state index in [-0.39, 0.29) is 18.9 Å². The van der Waals surface area contributed by atoms with Gasteiger partial charge in [-0.05, 0) is 43.5 Å². The summed E-state index contributed by atoms with van der Waals surface area (Å²) >= 11 is 0. The normalized spacial score (nSPS) is 30.8. The summed E-state index contributed by atoms with van der Waals surface area (Å²) in [5, 5.41) is 45.6. The molecule has 4 aromatic heterocycles. The summed E-state index contributed by atoms with van der Waals surface area (Å²) in [7, 11) is 0. The van der Waals surface area contributed by atoms with E-state index < -0.39 is 54.4 Å². The Hall–Kier alpha value is -4.52. The van der Waals surface area contributed by atoms with E-state index in [1.807, 2.05) is 6.92 Å². The molecular formula is C31H40F2N10O5. The second kappa shape index (κ2) is 14.7. The van der Waals surface area contributed by atoms with Gasteiger partial charge in [0.15, 0.2) is 23.4 Å². The minimum Gasteiger partial charge on any atom is -0.392 e. The van der Waals surface area contributed by atoms with E-state index in [0.717, 1.165) is 13.2 Å². The number of nitrogens with two attached hydrogens (primary N) is 2. The van der Waals surface area contributed by atoms with Crippen molar-refractivity contribution in [1.82, 2.24) is 29.2 Å². The van der Waals surface area contributed by atoms with Crippen LogP contribution in [0.25, 0.3) is 11.0 Å². The van der Waals surface area contributed by atoms with Crippen LogP contribution in [0.15, 0.2) is 36.9 Å². The zero-order chi connectivity index (χ0) is 33.9. The number of fused-ring (bicyclic) bond motifs is 2. The summed E-state index contributed by atoms with van der Waals surface area (Å²) in [4.78, 5) is 7.71. The van der Waals surface area contributed by atoms with Gasteiger partial charge in [-0.25, -0.2) is 27.8 Å². The van der Waals surface area contributed by atoms with Crippen molar-refractivity contribution in [2.45, 2.75) is 82.4 Å². The molecule has 0 amide bonds. The van der Waals surface area contributed by atoms with E-state index in [2.05, 4.69) is 26.2 Å². The third-order valence-corrected chi connectivity index (χ3v) is 8.82. The highest BCUT2D eigenvalue weighted by atomic mass is 19.1. The molecule has 7 heterocycles. The number of hydrogen-bond acceptors (Lipinski definition) is 13. The number of aromatic nitrogens is 6. The van der Waals surface area contributed by atoms with Gasteiger partial charge in [0.2, 0.25) is 5.60 Å². The van der Waals surface area contributed by atoms with Crippen LogP contribution in [0, 0.1) is 28.6 Å². The molecule has 3 fully saturated rings. The van der Waals surface area contributed by atoms with Crippen LogP contribution in [-0.4, -0.2) is 88.9 Å². The number of rotatable bonds is 4. The zero-order valence-corrected chi connectivity index (χ0v) is 25.8. The van der Waals surface area contributed by atoms with Crippen molar-refractivity contribution in [2.75, 3.05) is 31.3 Å². The van der Waals surface area contributed by atoms with Crippen LogP contribution in [0.5, 0.6) is 0 Å². The fourth-order valence-electron chi connectivity index (χ4n) is 5.91. The van der Waals surface area contributed by atoms with Gasteiger partial charge in [-0.1, -0.05) is 21.3 Å². The number of aliphatic hydroxyl groups is 2. The first-order valence-electron chi connectivity index (χ1n) is 15.1. The van der Waals surface area contributed by atoms with Gasteiger partial charge < -0.3 is 35.9 Å². The summed E-state index contributed by atoms with van der Waals surface area (Å²) < 4.78 is 47.9. The molecule has 0 radical (unpaired) electrons. The van der Waals surface area contributed by atoms with Crippen LogP contribution < -0.4 is 11.5 Å². The van der Waals surface area contributed by atoms with Crippen molar-refractivity contribution in [1.29, 1.82) is 10.5 Å². The second-order valence-corrected chi connectivity index (χ2v) is 11.4. The Kier molecular flexibility index (Phi) is 11.1. The number of nitrogen functional groups attached to an aromatic ring is 2. The standard InChI is InChI=1S/C14H16FN5O.C12H12FN5O3.C4H8O.CH4/c1-3-14(6-16)8(2)11(15)12(21-14)9-4-5-10-13(17)18-7-19-20(9)10;13-8-9(21-12(3-14,4-19)10(8)20)6-1-2-7-11(15)16-5-17-18(6)7;1-2-4-5-3-1;/h4-5,7-8,11-12H,3H2,1-2H3,(H2,17,18,19);1-2,5,8-10,19-20H,4H2,(H2,15,16,17);1-4H2;1H4/t8-,11+,12-,14-;8-,9-,10-,12+;;/m00../s1. The minimum absolute atomic E-state index is 0. The Morgan fingerprint density at radius 3 is 1.75 bits per heavy atom. The van der Waals surface area contributed by atoms with Crippen molar-refractivity contribution >= 4 is 22.7 Å². The molecule has 15 nitrogen and oxygen atoms in total. The van der Waals surface area contributed by atoms with E-state index in [9.17, 15) is 24.3 Å². The molecule has 0 aromatic carbocycles. The van der Waals surface area contributed by atoms with E-state index in [1.165, 1.54) is 40.6 Å². The third-order valence-electron chi connectivity index (χ3n) is 8.82. The second-order valence-electron chi connectivity index (χ2n) is 11.4. The van der Waals surface area contributed by atoms with Crippen molar-refractivity contribution in [3.8, 4) is 12.1 Å². The van der Waals surface area contributed by atoms with E-state index in [0.29, 0.717) is 29.0 Å². The minimum atomic E-state index is -1.99. The van der Waals surface area contributed by atoms with Gasteiger partial charge in [0.1, 0.15) is 54.2 Å². The molecule has 6 N–H and O–H groups in total. The highest BCUT2D eigenvalue weighted by Crippen LogP contribution is 2.47. The van der Waals surface area contributed by atoms with Crippen LogP contribution in [0.3, 0.4) is 0 Å². The highest BCUT2D eigenvalue weighted by Gasteiger charge is 2.57. The number of hydrogen-bond donors (Lipinski definition) is 4. The molecule has 4 aromatic rings. The van der Waals surface area contributed by atoms with E-state index in [4.69, 9.17) is 30.9 Å². The van der Waals surface area contributed by atoms with Crippen molar-refractivity contribution < 1.29 is 33.2 Å². The summed E-state index contributed by atoms with van der Waals surface area (Å²) in [6.45, 7) is 4.71. The number of nitrogens with zero attached hydrogens (tertiary/aromatic N) is 8. The molecule has 0 bridgehead atoms. The number of anilines is 2. The van der Waals surface area contributed by atoms with Gasteiger partial charge in [0.05, 0.1) is 24.1 Å². The van der Waals surface area contributed by atoms with Crippen LogP contribution in [0.1, 0.15) is 64.1 Å². The average Bonchev–Trinajstić information content (AvgIpc) is 3.93.